The molecule has 3 amide bonds. The van der Waals surface area contributed by atoms with Gasteiger partial charge in [-0.15, -0.1) is 0 Å². The van der Waals surface area contributed by atoms with Crippen molar-refractivity contribution < 1.29 is 23.9 Å². The molecule has 4 rings (SSSR count). The van der Waals surface area contributed by atoms with Crippen molar-refractivity contribution in [3.63, 3.8) is 0 Å². The van der Waals surface area contributed by atoms with Crippen molar-refractivity contribution in [1.82, 2.24) is 14.8 Å². The Hall–Kier alpha value is -3.42. The summed E-state index contributed by atoms with van der Waals surface area (Å²) in [6, 6.07) is 7.49. The Kier molecular flexibility index (Phi) is 6.83. The molecule has 0 unspecified atom stereocenters. The van der Waals surface area contributed by atoms with Crippen LogP contribution in [0.15, 0.2) is 24.3 Å². The minimum Gasteiger partial charge on any atom is -0.457 e. The van der Waals surface area contributed by atoms with Crippen LogP contribution in [0.1, 0.15) is 71.4 Å². The maximum atomic E-state index is 12.8. The van der Waals surface area contributed by atoms with Crippen molar-refractivity contribution in [1.29, 1.82) is 0 Å². The molecule has 0 atom stereocenters. The Morgan fingerprint density at radius 3 is 2.40 bits per heavy atom. The molecule has 1 aliphatic carbocycles. The number of hydrogen-bond donors (Lipinski definition) is 1. The van der Waals surface area contributed by atoms with Gasteiger partial charge in [0.1, 0.15) is 5.54 Å². The number of carbonyl (C=O) groups excluding carboxylic acids is 4. The molecule has 1 N–H and O–H groups in total. The number of amides is 3. The summed E-state index contributed by atoms with van der Waals surface area (Å²) >= 11 is 0. The predicted molar refractivity (Wildman–Crippen MR) is 131 cm³/mol. The van der Waals surface area contributed by atoms with Crippen molar-refractivity contribution >= 4 is 23.7 Å². The fourth-order valence-electron chi connectivity index (χ4n) is 5.18. The Balaban J connectivity index is 1.34. The first kappa shape index (κ1) is 24.7. The van der Waals surface area contributed by atoms with Gasteiger partial charge >= 0.3 is 12.0 Å². The molecule has 1 aliphatic heterocycles. The lowest BCUT2D eigenvalue weighted by molar-refractivity contribution is -0.143. The molecule has 0 radical (unpaired) electrons. The van der Waals surface area contributed by atoms with E-state index < -0.39 is 17.5 Å². The number of hydrogen-bond acceptors (Lipinski definition) is 5. The van der Waals surface area contributed by atoms with Gasteiger partial charge in [-0.2, -0.15) is 0 Å². The van der Waals surface area contributed by atoms with Gasteiger partial charge in [-0.1, -0.05) is 25.3 Å². The number of aromatic nitrogens is 1. The maximum absolute atomic E-state index is 12.8. The van der Waals surface area contributed by atoms with Crippen LogP contribution in [0.25, 0.3) is 5.69 Å². The fourth-order valence-corrected chi connectivity index (χ4v) is 5.18. The van der Waals surface area contributed by atoms with Gasteiger partial charge < -0.3 is 14.6 Å². The number of ketones is 1. The monoisotopic (exact) mass is 479 g/mol. The molecule has 1 aromatic heterocycles. The number of Topliss-reactive ketones (excluding diaryl/α,β-unsaturated/α-hetero) is 1. The first-order chi connectivity index (χ1) is 16.6. The molecule has 2 aromatic rings. The summed E-state index contributed by atoms with van der Waals surface area (Å²) in [5, 5.41) is 2.83. The normalized spacial score (nSPS) is 17.1. The number of rotatable bonds is 7. The van der Waals surface area contributed by atoms with Gasteiger partial charge in [-0.25, -0.2) is 4.79 Å². The number of carbonyl (C=O) groups is 4. The van der Waals surface area contributed by atoms with Crippen LogP contribution in [0.4, 0.5) is 4.79 Å². The van der Waals surface area contributed by atoms with E-state index in [1.54, 1.807) is 6.07 Å². The second kappa shape index (κ2) is 9.68. The largest absolute Gasteiger partial charge is 0.457 e. The smallest absolute Gasteiger partial charge is 0.325 e. The van der Waals surface area contributed by atoms with Gasteiger partial charge in [-0.05, 0) is 69.9 Å². The predicted octanol–water partition coefficient (Wildman–Crippen LogP) is 4.08. The number of aryl methyl sites for hydroxylation is 3. The van der Waals surface area contributed by atoms with Crippen molar-refractivity contribution in [2.75, 3.05) is 13.2 Å². The number of nitrogens with zero attached hydrogens (tertiary/aromatic N) is 2. The Morgan fingerprint density at radius 2 is 1.71 bits per heavy atom. The van der Waals surface area contributed by atoms with Crippen LogP contribution in [0.3, 0.4) is 0 Å². The highest BCUT2D eigenvalue weighted by Crippen LogP contribution is 2.33. The van der Waals surface area contributed by atoms with Crippen LogP contribution in [0, 0.1) is 27.7 Å². The number of benzene rings is 1. The zero-order valence-electron chi connectivity index (χ0n) is 20.9. The summed E-state index contributed by atoms with van der Waals surface area (Å²) in [5.41, 5.74) is 4.72. The third-order valence-corrected chi connectivity index (χ3v) is 7.34. The minimum atomic E-state index is -0.812. The highest BCUT2D eigenvalue weighted by atomic mass is 16.5. The van der Waals surface area contributed by atoms with Gasteiger partial charge in [0.25, 0.3) is 5.91 Å². The van der Waals surface area contributed by atoms with E-state index in [1.165, 1.54) is 5.56 Å². The molecule has 2 heterocycles. The maximum Gasteiger partial charge on any atom is 0.325 e. The Morgan fingerprint density at radius 1 is 1.00 bits per heavy atom. The molecular formula is C27H33N3O5. The van der Waals surface area contributed by atoms with Crippen molar-refractivity contribution in [2.24, 2.45) is 0 Å². The van der Waals surface area contributed by atoms with E-state index >= 15 is 0 Å². The van der Waals surface area contributed by atoms with Crippen LogP contribution >= 0.6 is 0 Å². The lowest BCUT2D eigenvalue weighted by atomic mass is 9.82. The summed E-state index contributed by atoms with van der Waals surface area (Å²) in [7, 11) is 0. The van der Waals surface area contributed by atoms with Crippen molar-refractivity contribution in [2.45, 2.75) is 71.8 Å². The molecule has 1 saturated heterocycles. The summed E-state index contributed by atoms with van der Waals surface area (Å²) in [5.74, 6) is -1.17. The zero-order chi connectivity index (χ0) is 25.3. The number of urea groups is 1. The van der Waals surface area contributed by atoms with Crippen molar-refractivity contribution in [3.8, 4) is 5.69 Å². The molecule has 8 nitrogen and oxygen atoms in total. The van der Waals surface area contributed by atoms with E-state index in [4.69, 9.17) is 4.74 Å². The third kappa shape index (κ3) is 4.74. The van der Waals surface area contributed by atoms with Crippen LogP contribution in [0.2, 0.25) is 0 Å². The quantitative estimate of drug-likeness (QED) is 0.367. The average Bonchev–Trinajstić information content (AvgIpc) is 3.24. The summed E-state index contributed by atoms with van der Waals surface area (Å²) in [6.45, 7) is 7.46. The molecule has 1 aromatic carbocycles. The van der Waals surface area contributed by atoms with Gasteiger partial charge in [-0.3, -0.25) is 19.3 Å². The van der Waals surface area contributed by atoms with E-state index in [0.717, 1.165) is 46.8 Å². The lowest BCUT2D eigenvalue weighted by Crippen LogP contribution is -2.48. The van der Waals surface area contributed by atoms with Gasteiger partial charge in [0.05, 0.1) is 6.42 Å². The molecule has 2 aliphatic rings. The first-order valence-electron chi connectivity index (χ1n) is 12.2. The topological polar surface area (TPSA) is 97.7 Å². The molecule has 35 heavy (non-hydrogen) atoms. The third-order valence-electron chi connectivity index (χ3n) is 7.34. The van der Waals surface area contributed by atoms with Gasteiger partial charge in [0, 0.05) is 29.2 Å². The van der Waals surface area contributed by atoms with Crippen LogP contribution < -0.4 is 5.32 Å². The van der Waals surface area contributed by atoms with E-state index in [0.29, 0.717) is 18.4 Å². The summed E-state index contributed by atoms with van der Waals surface area (Å²) in [6.07, 6.45) is 3.96. The molecule has 1 saturated carbocycles. The Bertz CT molecular complexity index is 1190. The highest BCUT2D eigenvalue weighted by molar-refractivity contribution is 6.07. The average molecular weight is 480 g/mol. The second-order valence-electron chi connectivity index (χ2n) is 9.75. The second-order valence-corrected chi connectivity index (χ2v) is 9.75. The van der Waals surface area contributed by atoms with E-state index in [2.05, 4.69) is 18.3 Å². The number of nitrogens with one attached hydrogen (secondary N) is 1. The van der Waals surface area contributed by atoms with E-state index in [9.17, 15) is 19.2 Å². The molecule has 1 spiro atoms. The molecule has 8 heteroatoms. The zero-order valence-corrected chi connectivity index (χ0v) is 20.9. The van der Waals surface area contributed by atoms with Gasteiger partial charge in [0.2, 0.25) is 5.78 Å². The Labute approximate surface area is 205 Å². The van der Waals surface area contributed by atoms with Crippen LogP contribution in [-0.4, -0.2) is 51.8 Å². The standard InChI is InChI=1S/C27H33N3O5/c1-17-8-9-21(14-18(17)2)30-19(3)15-22(20(30)4)23(31)16-35-24(32)10-13-29-25(33)27(28-26(29)34)11-6-5-7-12-27/h8-9,14-15H,5-7,10-13,16H2,1-4H3,(H,28,34). The number of ether oxygens (including phenoxy) is 1. The minimum absolute atomic E-state index is 0.0548. The SMILES string of the molecule is Cc1ccc(-n2c(C)cc(C(=O)COC(=O)CCN3C(=O)NC4(CCCCC4)C3=O)c2C)cc1C. The molecule has 2 fully saturated rings. The number of imide groups is 1. The highest BCUT2D eigenvalue weighted by Gasteiger charge is 2.51. The fraction of sp³-hybridized carbons (Fsp3) is 0.481. The van der Waals surface area contributed by atoms with E-state index in [-0.39, 0.29) is 31.3 Å². The lowest BCUT2D eigenvalue weighted by Gasteiger charge is -2.30. The van der Waals surface area contributed by atoms with Gasteiger partial charge in [0.15, 0.2) is 6.61 Å². The molecule has 0 bridgehead atoms. The first-order valence-corrected chi connectivity index (χ1v) is 12.2. The van der Waals surface area contributed by atoms with Crippen LogP contribution in [0.5, 0.6) is 0 Å². The van der Waals surface area contributed by atoms with Crippen molar-refractivity contribution in [3.05, 3.63) is 52.3 Å². The summed E-state index contributed by atoms with van der Waals surface area (Å²) in [4.78, 5) is 51.4. The number of esters is 1. The summed E-state index contributed by atoms with van der Waals surface area (Å²) < 4.78 is 7.22. The molecule has 186 valence electrons. The van der Waals surface area contributed by atoms with E-state index in [1.807, 2.05) is 37.5 Å². The van der Waals surface area contributed by atoms with Crippen LogP contribution in [-0.2, 0) is 14.3 Å². The molecular weight excluding hydrogens is 446 g/mol.